The highest BCUT2D eigenvalue weighted by molar-refractivity contribution is 5.99. The number of aromatic nitrogens is 3. The normalized spacial score (nSPS) is 11.7. The van der Waals surface area contributed by atoms with Crippen molar-refractivity contribution in [3.8, 4) is 5.75 Å². The Labute approximate surface area is 163 Å². The van der Waals surface area contributed by atoms with Crippen LogP contribution in [0.25, 0.3) is 0 Å². The number of aliphatic hydroxyl groups is 1. The topological polar surface area (TPSA) is 101 Å². The van der Waals surface area contributed by atoms with Gasteiger partial charge in [-0.3, -0.25) is 9.48 Å². The second kappa shape index (κ2) is 9.01. The van der Waals surface area contributed by atoms with Gasteiger partial charge in [-0.15, -0.1) is 0 Å². The summed E-state index contributed by atoms with van der Waals surface area (Å²) in [5, 5.41) is 19.7. The van der Waals surface area contributed by atoms with E-state index in [1.807, 2.05) is 31.2 Å². The predicted molar refractivity (Wildman–Crippen MR) is 106 cm³/mol. The Morgan fingerprint density at radius 2 is 2.07 bits per heavy atom. The molecule has 0 fully saturated rings. The lowest BCUT2D eigenvalue weighted by molar-refractivity contribution is 0.0916. The Morgan fingerprint density at radius 1 is 1.29 bits per heavy atom. The van der Waals surface area contributed by atoms with E-state index in [0.717, 1.165) is 17.0 Å². The zero-order valence-corrected chi connectivity index (χ0v) is 15.8. The van der Waals surface area contributed by atoms with Gasteiger partial charge >= 0.3 is 0 Å². The second-order valence-corrected chi connectivity index (χ2v) is 6.14. The molecule has 146 valence electrons. The monoisotopic (exact) mass is 381 g/mol. The van der Waals surface area contributed by atoms with Gasteiger partial charge in [-0.25, -0.2) is 4.98 Å². The van der Waals surface area contributed by atoms with Crippen LogP contribution >= 0.6 is 0 Å². The summed E-state index contributed by atoms with van der Waals surface area (Å²) < 4.78 is 7.05. The maximum absolute atomic E-state index is 12.8. The molecule has 2 aromatic heterocycles. The fraction of sp³-hybridized carbons (Fsp3) is 0.250. The van der Waals surface area contributed by atoms with E-state index >= 15 is 0 Å². The van der Waals surface area contributed by atoms with Gasteiger partial charge in [0.2, 0.25) is 0 Å². The molecule has 3 N–H and O–H groups in total. The van der Waals surface area contributed by atoms with Crippen LogP contribution in [-0.2, 0) is 7.05 Å². The highest BCUT2D eigenvalue weighted by atomic mass is 16.5. The zero-order valence-electron chi connectivity index (χ0n) is 15.8. The predicted octanol–water partition coefficient (Wildman–Crippen LogP) is 2.42. The number of nitrogens with one attached hydrogen (secondary N) is 2. The smallest absolute Gasteiger partial charge is 0.255 e. The lowest BCUT2D eigenvalue weighted by Crippen LogP contribution is -2.31. The molecule has 1 atom stereocenters. The van der Waals surface area contributed by atoms with Gasteiger partial charge in [0.25, 0.3) is 5.91 Å². The number of carbonyl (C=O) groups is 1. The molecule has 0 bridgehead atoms. The molecular weight excluding hydrogens is 358 g/mol. The number of carbonyl (C=O) groups excluding carboxylic acids is 1. The van der Waals surface area contributed by atoms with Crippen molar-refractivity contribution in [1.82, 2.24) is 20.1 Å². The number of rotatable bonds is 8. The zero-order chi connectivity index (χ0) is 19.9. The molecule has 0 saturated heterocycles. The number of hydrogen-bond acceptors (Lipinski definition) is 6. The molecule has 0 spiro atoms. The first kappa shape index (κ1) is 19.4. The summed E-state index contributed by atoms with van der Waals surface area (Å²) in [6.07, 6.45) is 4.98. The highest BCUT2D eigenvalue weighted by Gasteiger charge is 2.19. The number of aryl methyl sites for hydroxylation is 1. The van der Waals surface area contributed by atoms with Crippen molar-refractivity contribution in [1.29, 1.82) is 0 Å². The van der Waals surface area contributed by atoms with Crippen LogP contribution in [0.5, 0.6) is 5.75 Å². The Balaban J connectivity index is 1.76. The van der Waals surface area contributed by atoms with Crippen LogP contribution in [0.1, 0.15) is 28.9 Å². The number of hydrogen-bond donors (Lipinski definition) is 3. The fourth-order valence-corrected chi connectivity index (χ4v) is 2.72. The first-order chi connectivity index (χ1) is 13.6. The molecule has 1 aromatic carbocycles. The summed E-state index contributed by atoms with van der Waals surface area (Å²) >= 11 is 0. The van der Waals surface area contributed by atoms with E-state index in [1.165, 1.54) is 0 Å². The average Bonchev–Trinajstić information content (AvgIpc) is 3.14. The number of aliphatic hydroxyl groups excluding tert-OH is 1. The number of amides is 1. The Hall–Kier alpha value is -3.39. The summed E-state index contributed by atoms with van der Waals surface area (Å²) in [6, 6.07) is 10.2. The summed E-state index contributed by atoms with van der Waals surface area (Å²) in [5.41, 5.74) is 1.88. The van der Waals surface area contributed by atoms with Crippen molar-refractivity contribution in [2.75, 3.05) is 18.5 Å². The summed E-state index contributed by atoms with van der Waals surface area (Å²) in [6.45, 7) is 2.29. The van der Waals surface area contributed by atoms with Gasteiger partial charge in [0.15, 0.2) is 0 Å². The van der Waals surface area contributed by atoms with E-state index in [4.69, 9.17) is 4.74 Å². The van der Waals surface area contributed by atoms with Crippen LogP contribution < -0.4 is 15.4 Å². The molecule has 0 unspecified atom stereocenters. The summed E-state index contributed by atoms with van der Waals surface area (Å²) in [7, 11) is 1.78. The van der Waals surface area contributed by atoms with Crippen molar-refractivity contribution in [2.24, 2.45) is 7.05 Å². The molecule has 3 aromatic rings. The SMILES string of the molecule is CCOc1ccc(Nc2ncccc2C(=O)N[C@@H](CO)c2cnn(C)c2)cc1. The molecule has 28 heavy (non-hydrogen) atoms. The second-order valence-electron chi connectivity index (χ2n) is 6.14. The molecule has 1 amide bonds. The minimum absolute atomic E-state index is 0.237. The van der Waals surface area contributed by atoms with E-state index in [1.54, 1.807) is 42.5 Å². The van der Waals surface area contributed by atoms with Gasteiger partial charge in [0, 0.05) is 30.7 Å². The lowest BCUT2D eigenvalue weighted by Gasteiger charge is -2.16. The van der Waals surface area contributed by atoms with Crippen LogP contribution in [0.15, 0.2) is 55.0 Å². The van der Waals surface area contributed by atoms with Crippen LogP contribution in [0.2, 0.25) is 0 Å². The third-order valence-corrected chi connectivity index (χ3v) is 4.10. The van der Waals surface area contributed by atoms with Crippen molar-refractivity contribution in [3.05, 3.63) is 66.1 Å². The molecule has 0 aliphatic carbocycles. The first-order valence-electron chi connectivity index (χ1n) is 8.96. The molecule has 8 nitrogen and oxygen atoms in total. The van der Waals surface area contributed by atoms with E-state index in [0.29, 0.717) is 18.0 Å². The van der Waals surface area contributed by atoms with E-state index in [9.17, 15) is 9.90 Å². The van der Waals surface area contributed by atoms with Crippen molar-refractivity contribution >= 4 is 17.4 Å². The number of nitrogens with zero attached hydrogens (tertiary/aromatic N) is 3. The number of benzene rings is 1. The van der Waals surface area contributed by atoms with Crippen LogP contribution in [0.4, 0.5) is 11.5 Å². The number of pyridine rings is 1. The molecule has 0 aliphatic rings. The van der Waals surface area contributed by atoms with Crippen LogP contribution in [0, 0.1) is 0 Å². The molecule has 0 saturated carbocycles. The van der Waals surface area contributed by atoms with Crippen molar-refractivity contribution in [3.63, 3.8) is 0 Å². The van der Waals surface area contributed by atoms with Gasteiger partial charge in [-0.2, -0.15) is 5.10 Å². The molecule has 0 radical (unpaired) electrons. The maximum Gasteiger partial charge on any atom is 0.255 e. The third kappa shape index (κ3) is 4.66. The van der Waals surface area contributed by atoms with Gasteiger partial charge < -0.3 is 20.5 Å². The van der Waals surface area contributed by atoms with Crippen molar-refractivity contribution < 1.29 is 14.6 Å². The van der Waals surface area contributed by atoms with Crippen LogP contribution in [-0.4, -0.2) is 39.0 Å². The third-order valence-electron chi connectivity index (χ3n) is 4.10. The summed E-state index contributed by atoms with van der Waals surface area (Å²) in [4.78, 5) is 17.1. The molecule has 0 aliphatic heterocycles. The summed E-state index contributed by atoms with van der Waals surface area (Å²) in [5.74, 6) is 0.853. The minimum atomic E-state index is -0.556. The standard InChI is InChI=1S/C20H23N5O3/c1-3-28-16-8-6-15(7-9-16)23-19-17(5-4-10-21-19)20(27)24-18(13-26)14-11-22-25(2)12-14/h4-12,18,26H,3,13H2,1-2H3,(H,21,23)(H,24,27)/t18-/m0/s1. The molecule has 8 heteroatoms. The Morgan fingerprint density at radius 3 is 2.71 bits per heavy atom. The average molecular weight is 381 g/mol. The maximum atomic E-state index is 12.8. The van der Waals surface area contributed by atoms with E-state index < -0.39 is 6.04 Å². The largest absolute Gasteiger partial charge is 0.494 e. The quantitative estimate of drug-likeness (QED) is 0.554. The van der Waals surface area contributed by atoms with Crippen molar-refractivity contribution in [2.45, 2.75) is 13.0 Å². The van der Waals surface area contributed by atoms with Crippen LogP contribution in [0.3, 0.4) is 0 Å². The molecule has 2 heterocycles. The fourth-order valence-electron chi connectivity index (χ4n) is 2.72. The van der Waals surface area contributed by atoms with Gasteiger partial charge in [-0.05, 0) is 43.3 Å². The van der Waals surface area contributed by atoms with E-state index in [-0.39, 0.29) is 12.5 Å². The number of ether oxygens (including phenoxy) is 1. The first-order valence-corrected chi connectivity index (χ1v) is 8.96. The minimum Gasteiger partial charge on any atom is -0.494 e. The molecular formula is C20H23N5O3. The van der Waals surface area contributed by atoms with E-state index in [2.05, 4.69) is 20.7 Å². The Kier molecular flexibility index (Phi) is 6.23. The highest BCUT2D eigenvalue weighted by Crippen LogP contribution is 2.22. The number of anilines is 2. The lowest BCUT2D eigenvalue weighted by atomic mass is 10.1. The molecule has 3 rings (SSSR count). The van der Waals surface area contributed by atoms with Gasteiger partial charge in [0.1, 0.15) is 11.6 Å². The Bertz CT molecular complexity index is 924. The van der Waals surface area contributed by atoms with Gasteiger partial charge in [-0.1, -0.05) is 0 Å². The van der Waals surface area contributed by atoms with Gasteiger partial charge in [0.05, 0.1) is 31.0 Å².